The van der Waals surface area contributed by atoms with E-state index < -0.39 is 5.97 Å². The third kappa shape index (κ3) is 7.01. The van der Waals surface area contributed by atoms with Gasteiger partial charge in [-0.2, -0.15) is 0 Å². The number of esters is 1. The van der Waals surface area contributed by atoms with E-state index >= 15 is 0 Å². The Balaban J connectivity index is 3.19. The van der Waals surface area contributed by atoms with Crippen molar-refractivity contribution in [1.82, 2.24) is 5.32 Å². The van der Waals surface area contributed by atoms with Crippen LogP contribution in [-0.2, 0) is 14.3 Å². The number of hydrogen-bond acceptors (Lipinski definition) is 4. The molecule has 0 unspecified atom stereocenters. The van der Waals surface area contributed by atoms with Crippen molar-refractivity contribution in [2.24, 2.45) is 0 Å². The number of carboxylic acids is 1. The van der Waals surface area contributed by atoms with E-state index in [-0.39, 0.29) is 18.9 Å². The minimum atomic E-state index is -0.932. The van der Waals surface area contributed by atoms with E-state index in [9.17, 15) is 9.59 Å². The number of aliphatic carboxylic acids is 1. The summed E-state index contributed by atoms with van der Waals surface area (Å²) in [5.41, 5.74) is 0. The van der Waals surface area contributed by atoms with Crippen molar-refractivity contribution < 1.29 is 19.4 Å². The highest BCUT2D eigenvalue weighted by atomic mass is 16.5. The Morgan fingerprint density at radius 3 is 2.67 bits per heavy atom. The van der Waals surface area contributed by atoms with Crippen LogP contribution in [0.15, 0.2) is 0 Å². The van der Waals surface area contributed by atoms with Crippen LogP contribution in [0.3, 0.4) is 0 Å². The molecule has 0 spiro atoms. The Morgan fingerprint density at radius 1 is 1.50 bits per heavy atom. The van der Waals surface area contributed by atoms with Crippen molar-refractivity contribution in [3.63, 3.8) is 0 Å². The van der Waals surface area contributed by atoms with Crippen LogP contribution in [-0.4, -0.2) is 36.7 Å². The lowest BCUT2D eigenvalue weighted by Crippen LogP contribution is -2.25. The van der Waals surface area contributed by atoms with Crippen LogP contribution in [0.2, 0.25) is 0 Å². The highest BCUT2D eigenvalue weighted by Crippen LogP contribution is 1.83. The van der Waals surface area contributed by atoms with Gasteiger partial charge in [-0.15, -0.1) is 0 Å². The number of carbonyl (C=O) groups is 2. The van der Waals surface area contributed by atoms with Gasteiger partial charge in [0, 0.05) is 6.54 Å². The molecule has 0 atom stereocenters. The molecule has 0 saturated heterocycles. The zero-order valence-corrected chi connectivity index (χ0v) is 7.00. The first-order chi connectivity index (χ1) is 5.66. The molecule has 5 heteroatoms. The van der Waals surface area contributed by atoms with Crippen molar-refractivity contribution in [3.8, 4) is 0 Å². The first kappa shape index (κ1) is 10.9. The molecule has 0 bridgehead atoms. The van der Waals surface area contributed by atoms with Gasteiger partial charge >= 0.3 is 11.9 Å². The second-order valence-electron chi connectivity index (χ2n) is 2.13. The molecule has 0 aromatic rings. The van der Waals surface area contributed by atoms with Gasteiger partial charge in [-0.05, 0) is 6.92 Å². The third-order valence-electron chi connectivity index (χ3n) is 1.09. The minimum Gasteiger partial charge on any atom is -0.480 e. The van der Waals surface area contributed by atoms with E-state index in [1.54, 1.807) is 6.92 Å². The van der Waals surface area contributed by atoms with Gasteiger partial charge in [0.25, 0.3) is 0 Å². The Kier molecular flexibility index (Phi) is 6.00. The van der Waals surface area contributed by atoms with Crippen LogP contribution in [0.4, 0.5) is 0 Å². The topological polar surface area (TPSA) is 75.6 Å². The van der Waals surface area contributed by atoms with Gasteiger partial charge in [0.15, 0.2) is 0 Å². The lowest BCUT2D eigenvalue weighted by molar-refractivity contribution is -0.143. The predicted octanol–water partition coefficient (Wildman–Crippen LogP) is -0.386. The largest absolute Gasteiger partial charge is 0.480 e. The SMILES string of the molecule is CCOC(=O)CCNCC(=O)O. The molecule has 0 amide bonds. The number of carbonyl (C=O) groups excluding carboxylic acids is 1. The van der Waals surface area contributed by atoms with Gasteiger partial charge < -0.3 is 15.2 Å². The average Bonchev–Trinajstić information content (AvgIpc) is 1.98. The Labute approximate surface area is 70.7 Å². The lowest BCUT2D eigenvalue weighted by atomic mass is 10.4. The third-order valence-corrected chi connectivity index (χ3v) is 1.09. The molecular weight excluding hydrogens is 162 g/mol. The summed E-state index contributed by atoms with van der Waals surface area (Å²) in [6, 6.07) is 0. The van der Waals surface area contributed by atoms with E-state index in [0.717, 1.165) is 0 Å². The molecule has 0 radical (unpaired) electrons. The average molecular weight is 175 g/mol. The number of hydrogen-bond donors (Lipinski definition) is 2. The Hall–Kier alpha value is -1.10. The summed E-state index contributed by atoms with van der Waals surface area (Å²) >= 11 is 0. The van der Waals surface area contributed by atoms with Crippen molar-refractivity contribution in [2.45, 2.75) is 13.3 Å². The minimum absolute atomic E-state index is 0.126. The molecule has 0 aliphatic carbocycles. The molecule has 0 heterocycles. The summed E-state index contributed by atoms with van der Waals surface area (Å²) in [5, 5.41) is 10.8. The molecule has 0 fully saturated rings. The maximum absolute atomic E-state index is 10.7. The molecule has 0 aromatic heterocycles. The number of ether oxygens (including phenoxy) is 1. The van der Waals surface area contributed by atoms with Crippen molar-refractivity contribution >= 4 is 11.9 Å². The summed E-state index contributed by atoms with van der Waals surface area (Å²) in [6.45, 7) is 2.30. The van der Waals surface area contributed by atoms with Crippen molar-refractivity contribution in [1.29, 1.82) is 0 Å². The smallest absolute Gasteiger partial charge is 0.317 e. The summed E-state index contributed by atoms with van der Waals surface area (Å²) in [6.07, 6.45) is 0.209. The number of carboxylic acid groups (broad SMARTS) is 1. The van der Waals surface area contributed by atoms with E-state index in [0.29, 0.717) is 13.2 Å². The fraction of sp³-hybridized carbons (Fsp3) is 0.714. The number of rotatable bonds is 6. The zero-order chi connectivity index (χ0) is 9.40. The van der Waals surface area contributed by atoms with Gasteiger partial charge in [-0.25, -0.2) is 0 Å². The highest BCUT2D eigenvalue weighted by molar-refractivity contribution is 5.70. The van der Waals surface area contributed by atoms with E-state index in [2.05, 4.69) is 10.1 Å². The van der Waals surface area contributed by atoms with Crippen LogP contribution in [0, 0.1) is 0 Å². The van der Waals surface area contributed by atoms with Crippen molar-refractivity contribution in [3.05, 3.63) is 0 Å². The first-order valence-electron chi connectivity index (χ1n) is 3.75. The van der Waals surface area contributed by atoms with E-state index in [4.69, 9.17) is 5.11 Å². The molecule has 0 rings (SSSR count). The van der Waals surface area contributed by atoms with Gasteiger partial charge in [-0.3, -0.25) is 9.59 Å². The van der Waals surface area contributed by atoms with Gasteiger partial charge in [0.05, 0.1) is 19.6 Å². The molecule has 0 saturated carbocycles. The van der Waals surface area contributed by atoms with Crippen LogP contribution < -0.4 is 5.32 Å². The molecule has 0 aliphatic rings. The normalized spacial score (nSPS) is 9.42. The number of nitrogens with one attached hydrogen (secondary N) is 1. The monoisotopic (exact) mass is 175 g/mol. The molecule has 0 aromatic carbocycles. The van der Waals surface area contributed by atoms with Crippen LogP contribution in [0.25, 0.3) is 0 Å². The fourth-order valence-corrected chi connectivity index (χ4v) is 0.619. The van der Waals surface area contributed by atoms with Crippen molar-refractivity contribution in [2.75, 3.05) is 19.7 Å². The molecule has 5 nitrogen and oxygen atoms in total. The quantitative estimate of drug-likeness (QED) is 0.425. The van der Waals surface area contributed by atoms with E-state index in [1.165, 1.54) is 0 Å². The lowest BCUT2D eigenvalue weighted by Gasteiger charge is -2.01. The second kappa shape index (κ2) is 6.60. The highest BCUT2D eigenvalue weighted by Gasteiger charge is 2.01. The van der Waals surface area contributed by atoms with Crippen LogP contribution in [0.5, 0.6) is 0 Å². The van der Waals surface area contributed by atoms with Gasteiger partial charge in [-0.1, -0.05) is 0 Å². The Morgan fingerprint density at radius 2 is 2.17 bits per heavy atom. The van der Waals surface area contributed by atoms with Crippen LogP contribution >= 0.6 is 0 Å². The standard InChI is InChI=1S/C7H13NO4/c1-2-12-7(11)3-4-8-5-6(9)10/h8H,2-5H2,1H3,(H,9,10). The second-order valence-corrected chi connectivity index (χ2v) is 2.13. The zero-order valence-electron chi connectivity index (χ0n) is 7.00. The maximum Gasteiger partial charge on any atom is 0.317 e. The van der Waals surface area contributed by atoms with Gasteiger partial charge in [0.1, 0.15) is 0 Å². The summed E-state index contributed by atoms with van der Waals surface area (Å²) in [5.74, 6) is -1.24. The van der Waals surface area contributed by atoms with E-state index in [1.807, 2.05) is 0 Å². The Bertz CT molecular complexity index is 157. The fourth-order valence-electron chi connectivity index (χ4n) is 0.619. The summed E-state index contributed by atoms with van der Waals surface area (Å²) < 4.78 is 4.62. The molecule has 0 aliphatic heterocycles. The molecule has 70 valence electrons. The van der Waals surface area contributed by atoms with Gasteiger partial charge in [0.2, 0.25) is 0 Å². The maximum atomic E-state index is 10.7. The molecule has 12 heavy (non-hydrogen) atoms. The first-order valence-corrected chi connectivity index (χ1v) is 3.75. The summed E-state index contributed by atoms with van der Waals surface area (Å²) in [4.78, 5) is 20.7. The molecule has 2 N–H and O–H groups in total. The summed E-state index contributed by atoms with van der Waals surface area (Å²) in [7, 11) is 0. The predicted molar refractivity (Wildman–Crippen MR) is 41.8 cm³/mol. The van der Waals surface area contributed by atoms with Crippen LogP contribution in [0.1, 0.15) is 13.3 Å². The molecular formula is C7H13NO4.